The van der Waals surface area contributed by atoms with Crippen molar-refractivity contribution in [2.45, 2.75) is 27.2 Å². The Balaban J connectivity index is 1.97. The number of halogens is 1. The van der Waals surface area contributed by atoms with Crippen LogP contribution in [-0.2, 0) is 11.2 Å². The van der Waals surface area contributed by atoms with Crippen molar-refractivity contribution in [1.29, 1.82) is 0 Å². The molecule has 0 heterocycles. The minimum absolute atomic E-state index is 0.0276. The van der Waals surface area contributed by atoms with Crippen LogP contribution >= 0.6 is 0 Å². The summed E-state index contributed by atoms with van der Waals surface area (Å²) < 4.78 is 18.4. The van der Waals surface area contributed by atoms with E-state index < -0.39 is 0 Å². The van der Waals surface area contributed by atoms with Gasteiger partial charge in [-0.25, -0.2) is 4.39 Å². The summed E-state index contributed by atoms with van der Waals surface area (Å²) in [4.78, 5) is 11.9. The van der Waals surface area contributed by atoms with E-state index in [4.69, 9.17) is 4.74 Å². The lowest BCUT2D eigenvalue weighted by atomic mass is 10.1. The van der Waals surface area contributed by atoms with Crippen molar-refractivity contribution in [2.75, 3.05) is 6.61 Å². The Hall–Kier alpha value is -2.16. The van der Waals surface area contributed by atoms with Gasteiger partial charge in [0.2, 0.25) is 0 Å². The summed E-state index contributed by atoms with van der Waals surface area (Å²) in [6, 6.07) is 9.98. The molecule has 3 heteroatoms. The quantitative estimate of drug-likeness (QED) is 0.832. The van der Waals surface area contributed by atoms with Crippen LogP contribution in [0.5, 0.6) is 5.75 Å². The highest BCUT2D eigenvalue weighted by atomic mass is 19.1. The van der Waals surface area contributed by atoms with E-state index in [0.29, 0.717) is 0 Å². The van der Waals surface area contributed by atoms with Crippen LogP contribution in [0.15, 0.2) is 36.4 Å². The Labute approximate surface area is 124 Å². The second-order valence-electron chi connectivity index (χ2n) is 5.34. The van der Waals surface area contributed by atoms with Gasteiger partial charge in [-0.2, -0.15) is 0 Å². The molecule has 0 atom stereocenters. The average Bonchev–Trinajstić information content (AvgIpc) is 2.44. The van der Waals surface area contributed by atoms with Gasteiger partial charge in [0.15, 0.2) is 5.78 Å². The van der Waals surface area contributed by atoms with Crippen molar-refractivity contribution in [2.24, 2.45) is 0 Å². The van der Waals surface area contributed by atoms with Crippen molar-refractivity contribution >= 4 is 5.78 Å². The summed E-state index contributed by atoms with van der Waals surface area (Å²) in [5.41, 5.74) is 4.10. The summed E-state index contributed by atoms with van der Waals surface area (Å²) in [6.07, 6.45) is 0.254. The van der Waals surface area contributed by atoms with Gasteiger partial charge in [0.05, 0.1) is 0 Å². The second-order valence-corrected chi connectivity index (χ2v) is 5.34. The zero-order valence-electron chi connectivity index (χ0n) is 12.6. The molecular weight excluding hydrogens is 267 g/mol. The van der Waals surface area contributed by atoms with Gasteiger partial charge in [0.1, 0.15) is 18.2 Å². The number of Topliss-reactive ketones (excluding diaryl/α,β-unsaturated/α-hetero) is 1. The molecule has 0 fully saturated rings. The van der Waals surface area contributed by atoms with E-state index in [0.717, 1.165) is 28.0 Å². The highest BCUT2D eigenvalue weighted by Crippen LogP contribution is 2.23. The normalized spacial score (nSPS) is 10.5. The van der Waals surface area contributed by atoms with Gasteiger partial charge in [0, 0.05) is 6.42 Å². The Morgan fingerprint density at radius 1 is 1.10 bits per heavy atom. The van der Waals surface area contributed by atoms with Crippen molar-refractivity contribution in [3.05, 3.63) is 64.5 Å². The first-order valence-corrected chi connectivity index (χ1v) is 6.92. The van der Waals surface area contributed by atoms with E-state index in [1.807, 2.05) is 26.8 Å². The van der Waals surface area contributed by atoms with Gasteiger partial charge in [-0.15, -0.1) is 0 Å². The maximum atomic E-state index is 12.8. The number of rotatable bonds is 5. The Morgan fingerprint density at radius 3 is 2.43 bits per heavy atom. The molecule has 0 aliphatic heterocycles. The van der Waals surface area contributed by atoms with Crippen LogP contribution in [-0.4, -0.2) is 12.4 Å². The molecule has 0 aromatic heterocycles. The van der Waals surface area contributed by atoms with Crippen LogP contribution in [0.1, 0.15) is 22.3 Å². The van der Waals surface area contributed by atoms with Crippen molar-refractivity contribution in [3.63, 3.8) is 0 Å². The average molecular weight is 286 g/mol. The number of carbonyl (C=O) groups excluding carboxylic acids is 1. The van der Waals surface area contributed by atoms with Gasteiger partial charge in [-0.05, 0) is 61.2 Å². The highest BCUT2D eigenvalue weighted by Gasteiger charge is 2.08. The van der Waals surface area contributed by atoms with Crippen molar-refractivity contribution < 1.29 is 13.9 Å². The van der Waals surface area contributed by atoms with Crippen LogP contribution in [0, 0.1) is 26.6 Å². The number of carbonyl (C=O) groups is 1. The molecule has 21 heavy (non-hydrogen) atoms. The zero-order valence-corrected chi connectivity index (χ0v) is 12.6. The standard InChI is InChI=1S/C18H19FO2/c1-12-8-13(2)14(3)18(9-12)21-11-17(20)10-15-4-6-16(19)7-5-15/h4-9H,10-11H2,1-3H3. The molecule has 0 amide bonds. The van der Waals surface area contributed by atoms with Crippen LogP contribution < -0.4 is 4.74 Å². The fourth-order valence-corrected chi connectivity index (χ4v) is 2.19. The lowest BCUT2D eigenvalue weighted by molar-refractivity contribution is -0.120. The van der Waals surface area contributed by atoms with Gasteiger partial charge in [0.25, 0.3) is 0 Å². The van der Waals surface area contributed by atoms with Gasteiger partial charge < -0.3 is 4.74 Å². The first-order valence-electron chi connectivity index (χ1n) is 6.92. The first-order chi connectivity index (χ1) is 9.95. The third-order valence-electron chi connectivity index (χ3n) is 3.47. The number of aryl methyl sites for hydroxylation is 2. The van der Waals surface area contributed by atoms with Crippen molar-refractivity contribution in [1.82, 2.24) is 0 Å². The number of hydrogen-bond donors (Lipinski definition) is 0. The maximum Gasteiger partial charge on any atom is 0.174 e. The molecule has 0 N–H and O–H groups in total. The molecule has 0 unspecified atom stereocenters. The van der Waals surface area contributed by atoms with Crippen LogP contribution in [0.2, 0.25) is 0 Å². The molecule has 0 saturated heterocycles. The molecule has 110 valence electrons. The monoisotopic (exact) mass is 286 g/mol. The summed E-state index contributed by atoms with van der Waals surface area (Å²) in [5, 5.41) is 0. The molecule has 0 bridgehead atoms. The fourth-order valence-electron chi connectivity index (χ4n) is 2.19. The lowest BCUT2D eigenvalue weighted by Crippen LogP contribution is -2.14. The molecule has 2 rings (SSSR count). The number of ketones is 1. The molecule has 0 saturated carbocycles. The van der Waals surface area contributed by atoms with Gasteiger partial charge in [-0.3, -0.25) is 4.79 Å². The second kappa shape index (κ2) is 6.53. The summed E-state index contributed by atoms with van der Waals surface area (Å²) >= 11 is 0. The third-order valence-corrected chi connectivity index (χ3v) is 3.47. The van der Waals surface area contributed by atoms with E-state index in [1.54, 1.807) is 12.1 Å². The van der Waals surface area contributed by atoms with Crippen LogP contribution in [0.4, 0.5) is 4.39 Å². The molecule has 0 aliphatic rings. The molecule has 0 radical (unpaired) electrons. The maximum absolute atomic E-state index is 12.8. The minimum Gasteiger partial charge on any atom is -0.486 e. The van der Waals surface area contributed by atoms with Crippen molar-refractivity contribution in [3.8, 4) is 5.75 Å². The summed E-state index contributed by atoms with van der Waals surface area (Å²) in [7, 11) is 0. The smallest absolute Gasteiger partial charge is 0.174 e. The summed E-state index contributed by atoms with van der Waals surface area (Å²) in [5.74, 6) is 0.424. The third kappa shape index (κ3) is 4.15. The predicted molar refractivity (Wildman–Crippen MR) is 81.3 cm³/mol. The molecule has 2 nitrogen and oxygen atoms in total. The Bertz CT molecular complexity index is 645. The topological polar surface area (TPSA) is 26.3 Å². The molecular formula is C18H19FO2. The zero-order chi connectivity index (χ0) is 15.4. The van der Waals surface area contributed by atoms with E-state index >= 15 is 0 Å². The van der Waals surface area contributed by atoms with Crippen LogP contribution in [0.25, 0.3) is 0 Å². The molecule has 2 aromatic rings. The molecule has 0 spiro atoms. The van der Waals surface area contributed by atoms with Gasteiger partial charge >= 0.3 is 0 Å². The van der Waals surface area contributed by atoms with Gasteiger partial charge in [-0.1, -0.05) is 18.2 Å². The van der Waals surface area contributed by atoms with E-state index in [-0.39, 0.29) is 24.6 Å². The number of benzene rings is 2. The van der Waals surface area contributed by atoms with Crippen LogP contribution in [0.3, 0.4) is 0 Å². The summed E-state index contributed by atoms with van der Waals surface area (Å²) in [6.45, 7) is 6.03. The molecule has 0 aliphatic carbocycles. The predicted octanol–water partition coefficient (Wildman–Crippen LogP) is 3.94. The molecule has 2 aromatic carbocycles. The highest BCUT2D eigenvalue weighted by molar-refractivity contribution is 5.82. The number of ether oxygens (including phenoxy) is 1. The SMILES string of the molecule is Cc1cc(C)c(C)c(OCC(=O)Cc2ccc(F)cc2)c1. The number of hydrogen-bond acceptors (Lipinski definition) is 2. The Kier molecular flexibility index (Phi) is 4.73. The largest absolute Gasteiger partial charge is 0.486 e. The van der Waals surface area contributed by atoms with E-state index in [2.05, 4.69) is 6.07 Å². The first kappa shape index (κ1) is 15.2. The lowest BCUT2D eigenvalue weighted by Gasteiger charge is -2.12. The minimum atomic E-state index is -0.298. The fraction of sp³-hybridized carbons (Fsp3) is 0.278. The Morgan fingerprint density at radius 2 is 1.76 bits per heavy atom. The van der Waals surface area contributed by atoms with E-state index in [1.165, 1.54) is 12.1 Å². The van der Waals surface area contributed by atoms with E-state index in [9.17, 15) is 9.18 Å².